The number of thiophene rings is 1. The second kappa shape index (κ2) is 9.58. The fourth-order valence-corrected chi connectivity index (χ4v) is 6.12. The predicted octanol–water partition coefficient (Wildman–Crippen LogP) is 5.00. The van der Waals surface area contributed by atoms with Crippen molar-refractivity contribution in [1.29, 1.82) is 5.26 Å². The molecule has 2 aliphatic rings. The minimum absolute atomic E-state index is 0.0331. The molecular formula is C27H24F2N6O4S. The molecule has 13 heteroatoms. The quantitative estimate of drug-likeness (QED) is 0.351. The number of hydrogen-bond acceptors (Lipinski definition) is 10. The monoisotopic (exact) mass is 566 g/mol. The van der Waals surface area contributed by atoms with Gasteiger partial charge in [-0.05, 0) is 38.3 Å². The number of aliphatic hydroxyl groups excluding tert-OH is 1. The van der Waals surface area contributed by atoms with Gasteiger partial charge in [0.2, 0.25) is 5.95 Å². The average Bonchev–Trinajstić information content (AvgIpc) is 3.63. The number of benzene rings is 1. The maximum Gasteiger partial charge on any atom is 0.412 e. The normalized spacial score (nSPS) is 16.9. The van der Waals surface area contributed by atoms with Gasteiger partial charge in [0.15, 0.2) is 11.6 Å². The molecule has 1 amide bonds. The van der Waals surface area contributed by atoms with Crippen LogP contribution in [0.2, 0.25) is 0 Å². The highest BCUT2D eigenvalue weighted by atomic mass is 32.1. The first-order chi connectivity index (χ1) is 19.1. The first-order valence-corrected chi connectivity index (χ1v) is 13.4. The Bertz CT molecular complexity index is 1750. The fourth-order valence-electron chi connectivity index (χ4n) is 5.08. The molecular weight excluding hydrogens is 542 g/mol. The molecule has 2 aliphatic heterocycles. The molecule has 40 heavy (non-hydrogen) atoms. The average molecular weight is 567 g/mol. The number of pyridine rings is 1. The van der Waals surface area contributed by atoms with E-state index in [0.29, 0.717) is 36.0 Å². The molecule has 5 heterocycles. The summed E-state index contributed by atoms with van der Waals surface area (Å²) in [5, 5.41) is 23.2. The summed E-state index contributed by atoms with van der Waals surface area (Å²) in [6.45, 7) is 6.20. The van der Waals surface area contributed by atoms with Gasteiger partial charge in [-0.15, -0.1) is 11.3 Å². The van der Waals surface area contributed by atoms with E-state index >= 15 is 8.78 Å². The minimum atomic E-state index is -0.812. The van der Waals surface area contributed by atoms with E-state index in [1.807, 2.05) is 6.07 Å². The summed E-state index contributed by atoms with van der Waals surface area (Å²) >= 11 is 0.841. The number of carbonyl (C=O) groups is 1. The molecule has 1 fully saturated rings. The Morgan fingerprint density at radius 1 is 1.27 bits per heavy atom. The van der Waals surface area contributed by atoms with Crippen molar-refractivity contribution in [3.8, 4) is 17.3 Å². The molecule has 0 bridgehead atoms. The Balaban J connectivity index is 1.56. The van der Waals surface area contributed by atoms with Gasteiger partial charge < -0.3 is 19.5 Å². The van der Waals surface area contributed by atoms with Crippen molar-refractivity contribution in [2.24, 2.45) is 0 Å². The second-order valence-corrected chi connectivity index (χ2v) is 11.7. The standard InChI is InChI=1S/C27H24F2N6O4S/c1-27(2,3)39-26(37)34-24-13(6-30)19-22(31-8-17(28)23(19)40-24)18-16-11-38-10-15(16)14-7-32-25(33-21(14)20(18)29)35-5-4-12(36)9-35/h7-8,12,36H,4-5,9-11H2,1-3H3,(H,34,37)/t12-/m0/s1. The van der Waals surface area contributed by atoms with Gasteiger partial charge in [-0.25, -0.2) is 23.5 Å². The Hall–Kier alpha value is -3.99. The zero-order chi connectivity index (χ0) is 28.3. The van der Waals surface area contributed by atoms with Gasteiger partial charge in [0.1, 0.15) is 22.2 Å². The SMILES string of the molecule is CC(C)(C)OC(=O)Nc1sc2c(F)cnc(-c3c4c(c5cnc(N6CC[C@H](O)C6)nc5c3F)COC4)c2c1C#N. The number of hydrogen-bond donors (Lipinski definition) is 2. The van der Waals surface area contributed by atoms with Gasteiger partial charge >= 0.3 is 6.09 Å². The number of aliphatic hydroxyl groups is 1. The molecule has 0 radical (unpaired) electrons. The smallest absolute Gasteiger partial charge is 0.412 e. The number of ether oxygens (including phenoxy) is 2. The third-order valence-corrected chi connectivity index (χ3v) is 7.88. The lowest BCUT2D eigenvalue weighted by molar-refractivity contribution is 0.0636. The van der Waals surface area contributed by atoms with Crippen LogP contribution in [0.3, 0.4) is 0 Å². The van der Waals surface area contributed by atoms with Crippen LogP contribution >= 0.6 is 11.3 Å². The topological polar surface area (TPSA) is 133 Å². The van der Waals surface area contributed by atoms with Crippen LogP contribution in [0.5, 0.6) is 0 Å². The Kier molecular flexibility index (Phi) is 6.29. The van der Waals surface area contributed by atoms with E-state index in [4.69, 9.17) is 9.47 Å². The Morgan fingerprint density at radius 3 is 2.75 bits per heavy atom. The van der Waals surface area contributed by atoms with E-state index in [1.54, 1.807) is 31.9 Å². The summed E-state index contributed by atoms with van der Waals surface area (Å²) in [6, 6.07) is 2.02. The molecule has 4 aromatic rings. The third kappa shape index (κ3) is 4.38. The van der Waals surface area contributed by atoms with Gasteiger partial charge in [-0.1, -0.05) is 0 Å². The number of nitrogens with one attached hydrogen (secondary N) is 1. The molecule has 6 rings (SSSR count). The highest BCUT2D eigenvalue weighted by Gasteiger charge is 2.31. The van der Waals surface area contributed by atoms with Crippen molar-refractivity contribution in [2.45, 2.75) is 52.1 Å². The van der Waals surface area contributed by atoms with Crippen LogP contribution in [0.1, 0.15) is 43.9 Å². The van der Waals surface area contributed by atoms with Crippen LogP contribution in [-0.2, 0) is 22.7 Å². The number of halogens is 2. The zero-order valence-electron chi connectivity index (χ0n) is 21.8. The number of rotatable bonds is 3. The van der Waals surface area contributed by atoms with Crippen molar-refractivity contribution in [3.63, 3.8) is 0 Å². The van der Waals surface area contributed by atoms with Crippen LogP contribution in [0.15, 0.2) is 12.4 Å². The maximum absolute atomic E-state index is 16.5. The molecule has 3 aromatic heterocycles. The largest absolute Gasteiger partial charge is 0.444 e. The molecule has 10 nitrogen and oxygen atoms in total. The lowest BCUT2D eigenvalue weighted by atomic mass is 9.94. The van der Waals surface area contributed by atoms with Crippen molar-refractivity contribution >= 4 is 49.4 Å². The van der Waals surface area contributed by atoms with Gasteiger partial charge in [-0.3, -0.25) is 10.3 Å². The van der Waals surface area contributed by atoms with E-state index in [9.17, 15) is 15.2 Å². The molecule has 2 N–H and O–H groups in total. The van der Waals surface area contributed by atoms with Crippen LogP contribution in [0, 0.1) is 23.0 Å². The maximum atomic E-state index is 16.5. The molecule has 0 spiro atoms. The van der Waals surface area contributed by atoms with Crippen molar-refractivity contribution in [2.75, 3.05) is 23.3 Å². The van der Waals surface area contributed by atoms with E-state index in [-0.39, 0.29) is 56.6 Å². The van der Waals surface area contributed by atoms with Gasteiger partial charge in [0.05, 0.1) is 41.5 Å². The summed E-state index contributed by atoms with van der Waals surface area (Å²) in [5.74, 6) is -1.15. The molecule has 206 valence electrons. The first kappa shape index (κ1) is 26.2. The van der Waals surface area contributed by atoms with Crippen LogP contribution in [-0.4, -0.2) is 50.9 Å². The Morgan fingerprint density at radius 2 is 2.05 bits per heavy atom. The number of aromatic nitrogens is 3. The number of anilines is 2. The van der Waals surface area contributed by atoms with Crippen LogP contribution in [0.25, 0.3) is 32.2 Å². The minimum Gasteiger partial charge on any atom is -0.444 e. The number of amides is 1. The summed E-state index contributed by atoms with van der Waals surface area (Å²) in [4.78, 5) is 27.4. The lowest BCUT2D eigenvalue weighted by Gasteiger charge is -2.19. The van der Waals surface area contributed by atoms with Gasteiger partial charge in [0, 0.05) is 35.6 Å². The second-order valence-electron chi connectivity index (χ2n) is 10.7. The summed E-state index contributed by atoms with van der Waals surface area (Å²) in [6.07, 6.45) is 1.74. The highest BCUT2D eigenvalue weighted by molar-refractivity contribution is 7.23. The van der Waals surface area contributed by atoms with Crippen molar-refractivity contribution < 1.29 is 28.2 Å². The molecule has 0 saturated carbocycles. The van der Waals surface area contributed by atoms with E-state index in [1.165, 1.54) is 0 Å². The number of carbonyl (C=O) groups excluding carboxylic acids is 1. The van der Waals surface area contributed by atoms with Crippen LogP contribution < -0.4 is 10.2 Å². The number of nitriles is 1. The van der Waals surface area contributed by atoms with Crippen molar-refractivity contribution in [1.82, 2.24) is 15.0 Å². The third-order valence-electron chi connectivity index (χ3n) is 6.77. The van der Waals surface area contributed by atoms with Crippen molar-refractivity contribution in [3.05, 3.63) is 40.7 Å². The highest BCUT2D eigenvalue weighted by Crippen LogP contribution is 2.45. The first-order valence-electron chi connectivity index (χ1n) is 12.6. The Labute approximate surface area is 231 Å². The predicted molar refractivity (Wildman–Crippen MR) is 144 cm³/mol. The lowest BCUT2D eigenvalue weighted by Crippen LogP contribution is -2.27. The summed E-state index contributed by atoms with van der Waals surface area (Å²) in [7, 11) is 0. The number of β-amino-alcohol motifs (C(OH)–C–C–N with tert-alkyl or cyclic N) is 1. The summed E-state index contributed by atoms with van der Waals surface area (Å²) in [5.41, 5.74) is 0.456. The molecule has 0 aliphatic carbocycles. The summed E-state index contributed by atoms with van der Waals surface area (Å²) < 4.78 is 42.5. The number of fused-ring (bicyclic) bond motifs is 4. The molecule has 1 aromatic carbocycles. The van der Waals surface area contributed by atoms with E-state index < -0.39 is 29.4 Å². The zero-order valence-corrected chi connectivity index (χ0v) is 22.7. The van der Waals surface area contributed by atoms with Gasteiger partial charge in [0.25, 0.3) is 0 Å². The fraction of sp³-hybridized carbons (Fsp3) is 0.370. The van der Waals surface area contributed by atoms with E-state index in [0.717, 1.165) is 17.5 Å². The van der Waals surface area contributed by atoms with Crippen LogP contribution in [0.4, 0.5) is 24.5 Å². The van der Waals surface area contributed by atoms with Gasteiger partial charge in [-0.2, -0.15) is 5.26 Å². The molecule has 1 saturated heterocycles. The van der Waals surface area contributed by atoms with E-state index in [2.05, 4.69) is 20.3 Å². The number of nitrogens with zero attached hydrogens (tertiary/aromatic N) is 5. The molecule has 0 unspecified atom stereocenters. The molecule has 1 atom stereocenters.